The molecule has 0 N–H and O–H groups in total. The van der Waals surface area contributed by atoms with Gasteiger partial charge in [0.15, 0.2) is 0 Å². The van der Waals surface area contributed by atoms with E-state index in [0.29, 0.717) is 19.1 Å². The summed E-state index contributed by atoms with van der Waals surface area (Å²) >= 11 is 0. The Bertz CT molecular complexity index is 641. The summed E-state index contributed by atoms with van der Waals surface area (Å²) in [4.78, 5) is 17.1. The maximum Gasteiger partial charge on any atom is 0.241 e. The Morgan fingerprint density at radius 3 is 2.42 bits per heavy atom. The molecule has 3 rings (SSSR count). The van der Waals surface area contributed by atoms with Gasteiger partial charge in [0.25, 0.3) is 0 Å². The maximum absolute atomic E-state index is 12.8. The van der Waals surface area contributed by atoms with Crippen LogP contribution in [0.2, 0.25) is 0 Å². The average molecular weight is 322 g/mol. The number of benzene rings is 2. The zero-order valence-corrected chi connectivity index (χ0v) is 14.4. The predicted molar refractivity (Wildman–Crippen MR) is 99.2 cm³/mol. The lowest BCUT2D eigenvalue weighted by molar-refractivity contribution is -0.119. The number of para-hydroxylation sites is 1. The fourth-order valence-electron chi connectivity index (χ4n) is 3.59. The molecule has 1 fully saturated rings. The molecule has 2 aromatic rings. The van der Waals surface area contributed by atoms with Gasteiger partial charge in [-0.05, 0) is 50.4 Å². The maximum atomic E-state index is 12.8. The van der Waals surface area contributed by atoms with Gasteiger partial charge in [-0.25, -0.2) is 0 Å². The third-order valence-corrected chi connectivity index (χ3v) is 4.84. The van der Waals surface area contributed by atoms with Crippen molar-refractivity contribution in [2.24, 2.45) is 0 Å². The molecular weight excluding hydrogens is 296 g/mol. The molecule has 1 saturated heterocycles. The van der Waals surface area contributed by atoms with E-state index in [1.165, 1.54) is 18.4 Å². The van der Waals surface area contributed by atoms with Gasteiger partial charge in [-0.2, -0.15) is 0 Å². The van der Waals surface area contributed by atoms with Gasteiger partial charge in [-0.15, -0.1) is 0 Å². The zero-order chi connectivity index (χ0) is 16.8. The Morgan fingerprint density at radius 2 is 1.75 bits per heavy atom. The molecule has 0 radical (unpaired) electrons. The molecule has 0 aliphatic carbocycles. The van der Waals surface area contributed by atoms with Gasteiger partial charge >= 0.3 is 0 Å². The topological polar surface area (TPSA) is 23.6 Å². The lowest BCUT2D eigenvalue weighted by atomic mass is 10.0. The van der Waals surface area contributed by atoms with E-state index < -0.39 is 0 Å². The van der Waals surface area contributed by atoms with Crippen molar-refractivity contribution in [3.8, 4) is 0 Å². The second-order valence-corrected chi connectivity index (χ2v) is 6.43. The number of likely N-dealkylation sites (tertiary alicyclic amines) is 1. The number of amides is 1. The zero-order valence-electron chi connectivity index (χ0n) is 14.4. The van der Waals surface area contributed by atoms with E-state index >= 15 is 0 Å². The first-order valence-corrected chi connectivity index (χ1v) is 8.91. The molecule has 0 aromatic heterocycles. The summed E-state index contributed by atoms with van der Waals surface area (Å²) in [5.74, 6) is 0.198. The molecule has 0 saturated carbocycles. The van der Waals surface area contributed by atoms with Crippen LogP contribution in [-0.4, -0.2) is 36.5 Å². The van der Waals surface area contributed by atoms with E-state index in [1.54, 1.807) is 0 Å². The molecule has 0 spiro atoms. The van der Waals surface area contributed by atoms with Gasteiger partial charge in [-0.1, -0.05) is 48.5 Å². The minimum atomic E-state index is 0.198. The first-order valence-electron chi connectivity index (χ1n) is 8.91. The van der Waals surface area contributed by atoms with E-state index in [9.17, 15) is 4.79 Å². The Morgan fingerprint density at radius 1 is 1.08 bits per heavy atom. The van der Waals surface area contributed by atoms with Gasteiger partial charge in [-0.3, -0.25) is 9.69 Å². The predicted octanol–water partition coefficient (Wildman–Crippen LogP) is 3.75. The van der Waals surface area contributed by atoms with Crippen molar-refractivity contribution in [3.05, 3.63) is 66.2 Å². The van der Waals surface area contributed by atoms with Crippen molar-refractivity contribution in [2.75, 3.05) is 24.5 Å². The van der Waals surface area contributed by atoms with Gasteiger partial charge in [0.2, 0.25) is 5.91 Å². The van der Waals surface area contributed by atoms with Gasteiger partial charge in [0.05, 0.1) is 6.54 Å². The monoisotopic (exact) mass is 322 g/mol. The molecule has 1 heterocycles. The first-order chi connectivity index (χ1) is 11.8. The first kappa shape index (κ1) is 16.7. The number of hydrogen-bond acceptors (Lipinski definition) is 2. The molecule has 2 aromatic carbocycles. The van der Waals surface area contributed by atoms with E-state index in [2.05, 4.69) is 35.2 Å². The quantitative estimate of drug-likeness (QED) is 0.809. The van der Waals surface area contributed by atoms with E-state index in [4.69, 9.17) is 0 Å². The Kier molecular flexibility index (Phi) is 5.65. The van der Waals surface area contributed by atoms with Crippen LogP contribution in [0.3, 0.4) is 0 Å². The van der Waals surface area contributed by atoms with E-state index in [-0.39, 0.29) is 5.91 Å². The number of hydrogen-bond donors (Lipinski definition) is 0. The summed E-state index contributed by atoms with van der Waals surface area (Å²) in [5, 5.41) is 0. The van der Waals surface area contributed by atoms with Gasteiger partial charge < -0.3 is 4.90 Å². The van der Waals surface area contributed by atoms with Crippen LogP contribution in [0.1, 0.15) is 25.3 Å². The molecule has 0 bridgehead atoms. The van der Waals surface area contributed by atoms with E-state index in [0.717, 1.165) is 18.7 Å². The molecule has 1 aliphatic rings. The van der Waals surface area contributed by atoms with Crippen LogP contribution >= 0.6 is 0 Å². The van der Waals surface area contributed by atoms with Crippen LogP contribution < -0.4 is 4.90 Å². The number of carbonyl (C=O) groups excluding carboxylic acids is 1. The number of nitrogens with zero attached hydrogens (tertiary/aromatic N) is 2. The smallest absolute Gasteiger partial charge is 0.241 e. The average Bonchev–Trinajstić information content (AvgIpc) is 3.04. The molecule has 0 unspecified atom stereocenters. The van der Waals surface area contributed by atoms with Crippen molar-refractivity contribution < 1.29 is 4.79 Å². The highest BCUT2D eigenvalue weighted by atomic mass is 16.2. The Balaban J connectivity index is 1.64. The highest BCUT2D eigenvalue weighted by molar-refractivity contribution is 5.94. The van der Waals surface area contributed by atoms with Gasteiger partial charge in [0, 0.05) is 18.3 Å². The fraction of sp³-hybridized carbons (Fsp3) is 0.381. The third-order valence-electron chi connectivity index (χ3n) is 4.84. The second kappa shape index (κ2) is 8.11. The molecular formula is C21H26N2O. The minimum absolute atomic E-state index is 0.198. The van der Waals surface area contributed by atoms with Crippen LogP contribution in [-0.2, 0) is 11.2 Å². The molecule has 1 amide bonds. The van der Waals surface area contributed by atoms with Crippen LogP contribution in [0.4, 0.5) is 5.69 Å². The summed E-state index contributed by atoms with van der Waals surface area (Å²) < 4.78 is 0. The Hall–Kier alpha value is -2.13. The molecule has 24 heavy (non-hydrogen) atoms. The fourth-order valence-corrected chi connectivity index (χ4v) is 3.59. The standard InChI is InChI=1S/C21H26N2O/c1-2-23(19-12-7-4-8-13-19)21(24)17-22-15-9-14-20(22)16-18-10-5-3-6-11-18/h3-8,10-13,20H,2,9,14-17H2,1H3/t20-/m0/s1. The number of anilines is 1. The molecule has 3 heteroatoms. The summed E-state index contributed by atoms with van der Waals surface area (Å²) in [5.41, 5.74) is 2.35. The molecule has 126 valence electrons. The normalized spacial score (nSPS) is 17.8. The van der Waals surface area contributed by atoms with E-state index in [1.807, 2.05) is 42.2 Å². The van der Waals surface area contributed by atoms with Crippen LogP contribution in [0.5, 0.6) is 0 Å². The van der Waals surface area contributed by atoms with Crippen LogP contribution in [0.25, 0.3) is 0 Å². The highest BCUT2D eigenvalue weighted by Crippen LogP contribution is 2.22. The number of rotatable bonds is 6. The summed E-state index contributed by atoms with van der Waals surface area (Å²) in [7, 11) is 0. The van der Waals surface area contributed by atoms with Crippen molar-refractivity contribution in [1.82, 2.24) is 4.90 Å². The largest absolute Gasteiger partial charge is 0.312 e. The number of likely N-dealkylation sites (N-methyl/N-ethyl adjacent to an activating group) is 1. The molecule has 1 atom stereocenters. The molecule has 3 nitrogen and oxygen atoms in total. The van der Waals surface area contributed by atoms with Crippen molar-refractivity contribution in [2.45, 2.75) is 32.2 Å². The number of carbonyl (C=O) groups is 1. The lowest BCUT2D eigenvalue weighted by Gasteiger charge is -2.28. The van der Waals surface area contributed by atoms with Gasteiger partial charge in [0.1, 0.15) is 0 Å². The van der Waals surface area contributed by atoms with Crippen molar-refractivity contribution in [1.29, 1.82) is 0 Å². The SMILES string of the molecule is CCN(C(=O)CN1CCC[C@H]1Cc1ccccc1)c1ccccc1. The third kappa shape index (κ3) is 4.04. The summed E-state index contributed by atoms with van der Waals surface area (Å²) in [6.45, 7) is 4.28. The summed E-state index contributed by atoms with van der Waals surface area (Å²) in [6, 6.07) is 21.0. The second-order valence-electron chi connectivity index (χ2n) is 6.43. The van der Waals surface area contributed by atoms with Crippen LogP contribution in [0.15, 0.2) is 60.7 Å². The highest BCUT2D eigenvalue weighted by Gasteiger charge is 2.28. The summed E-state index contributed by atoms with van der Waals surface area (Å²) in [6.07, 6.45) is 3.40. The lowest BCUT2D eigenvalue weighted by Crippen LogP contribution is -2.43. The molecule has 1 aliphatic heterocycles. The minimum Gasteiger partial charge on any atom is -0.312 e. The van der Waals surface area contributed by atoms with Crippen molar-refractivity contribution >= 4 is 11.6 Å². The Labute approximate surface area is 144 Å². The van der Waals surface area contributed by atoms with Crippen LogP contribution in [0, 0.1) is 0 Å². The van der Waals surface area contributed by atoms with Crippen molar-refractivity contribution in [3.63, 3.8) is 0 Å².